The van der Waals surface area contributed by atoms with E-state index in [0.29, 0.717) is 23.1 Å². The molecule has 1 aliphatic rings. The molecule has 0 saturated heterocycles. The Labute approximate surface area is 136 Å². The molecule has 2 atom stereocenters. The Morgan fingerprint density at radius 1 is 1.41 bits per heavy atom. The lowest BCUT2D eigenvalue weighted by Crippen LogP contribution is -2.21. The predicted octanol–water partition coefficient (Wildman–Crippen LogP) is 4.03. The van der Waals surface area contributed by atoms with Gasteiger partial charge in [-0.3, -0.25) is 4.79 Å². The van der Waals surface area contributed by atoms with E-state index < -0.39 is 0 Å². The summed E-state index contributed by atoms with van der Waals surface area (Å²) in [6.07, 6.45) is 3.73. The third kappa shape index (κ3) is 3.51. The molecule has 0 radical (unpaired) electrons. The second kappa shape index (κ2) is 7.27. The van der Waals surface area contributed by atoms with Gasteiger partial charge in [0, 0.05) is 10.8 Å². The molecule has 0 bridgehead atoms. The van der Waals surface area contributed by atoms with Crippen molar-refractivity contribution in [3.05, 3.63) is 16.0 Å². The summed E-state index contributed by atoms with van der Waals surface area (Å²) in [4.78, 5) is 25.8. The van der Waals surface area contributed by atoms with Gasteiger partial charge in [0.1, 0.15) is 5.00 Å². The van der Waals surface area contributed by atoms with Gasteiger partial charge in [-0.05, 0) is 44.1 Å². The molecule has 22 heavy (non-hydrogen) atoms. The quantitative estimate of drug-likeness (QED) is 0.832. The molecular formula is C17H25NO3S. The monoisotopic (exact) mass is 323 g/mol. The third-order valence-corrected chi connectivity index (χ3v) is 5.46. The maximum Gasteiger partial charge on any atom is 0.341 e. The van der Waals surface area contributed by atoms with Crippen LogP contribution in [0.5, 0.6) is 0 Å². The van der Waals surface area contributed by atoms with Gasteiger partial charge in [0.05, 0.1) is 12.2 Å². The highest BCUT2D eigenvalue weighted by Crippen LogP contribution is 2.40. The zero-order chi connectivity index (χ0) is 16.3. The summed E-state index contributed by atoms with van der Waals surface area (Å²) in [7, 11) is 0. The van der Waals surface area contributed by atoms with Crippen molar-refractivity contribution in [1.29, 1.82) is 0 Å². The van der Waals surface area contributed by atoms with Gasteiger partial charge < -0.3 is 10.1 Å². The van der Waals surface area contributed by atoms with Crippen LogP contribution >= 0.6 is 11.3 Å². The van der Waals surface area contributed by atoms with Gasteiger partial charge in [0.2, 0.25) is 5.91 Å². The molecule has 122 valence electrons. The minimum Gasteiger partial charge on any atom is -0.462 e. The second-order valence-corrected chi connectivity index (χ2v) is 7.18. The average Bonchev–Trinajstić information content (AvgIpc) is 2.83. The van der Waals surface area contributed by atoms with E-state index in [-0.39, 0.29) is 17.8 Å². The fraction of sp³-hybridized carbons (Fsp3) is 0.647. The van der Waals surface area contributed by atoms with Crippen molar-refractivity contribution < 1.29 is 14.3 Å². The molecule has 1 aromatic rings. The van der Waals surface area contributed by atoms with Crippen LogP contribution < -0.4 is 5.32 Å². The largest absolute Gasteiger partial charge is 0.462 e. The molecule has 1 heterocycles. The van der Waals surface area contributed by atoms with E-state index in [1.54, 1.807) is 18.3 Å². The number of hydrogen-bond donors (Lipinski definition) is 1. The average molecular weight is 323 g/mol. The molecule has 1 N–H and O–H groups in total. The number of carbonyl (C=O) groups excluding carboxylic acids is 2. The van der Waals surface area contributed by atoms with Gasteiger partial charge in [-0.1, -0.05) is 20.8 Å². The van der Waals surface area contributed by atoms with Crippen molar-refractivity contribution in [2.75, 3.05) is 11.9 Å². The van der Waals surface area contributed by atoms with Crippen molar-refractivity contribution >= 4 is 28.2 Å². The molecule has 1 amide bonds. The van der Waals surface area contributed by atoms with Gasteiger partial charge >= 0.3 is 5.97 Å². The number of anilines is 1. The molecule has 0 saturated carbocycles. The maximum atomic E-state index is 12.3. The summed E-state index contributed by atoms with van der Waals surface area (Å²) >= 11 is 1.54. The fourth-order valence-corrected chi connectivity index (χ4v) is 4.08. The Hall–Kier alpha value is -1.36. The maximum absolute atomic E-state index is 12.3. The van der Waals surface area contributed by atoms with E-state index in [4.69, 9.17) is 4.74 Å². The molecule has 0 spiro atoms. The first kappa shape index (κ1) is 17.0. The standard InChI is InChI=1S/C17H25NO3S/c1-5-11(4)15(19)18-16-14(17(20)21-6-2)12-8-7-10(3)9-13(12)22-16/h10-11H,5-9H2,1-4H3,(H,18,19)/t10-,11+/m0/s1. The van der Waals surface area contributed by atoms with Crippen LogP contribution in [0.1, 0.15) is 61.3 Å². The number of esters is 1. The third-order valence-electron chi connectivity index (χ3n) is 4.29. The smallest absolute Gasteiger partial charge is 0.341 e. The SMILES string of the molecule is CCOC(=O)c1c(NC(=O)[C@H](C)CC)sc2c1CC[C@H](C)C2. The van der Waals surface area contributed by atoms with Crippen molar-refractivity contribution in [2.45, 2.75) is 53.4 Å². The van der Waals surface area contributed by atoms with E-state index in [2.05, 4.69) is 12.2 Å². The Morgan fingerprint density at radius 2 is 2.14 bits per heavy atom. The fourth-order valence-electron chi connectivity index (χ4n) is 2.68. The molecule has 0 fully saturated rings. The molecule has 0 aromatic carbocycles. The normalized spacial score (nSPS) is 18.5. The lowest BCUT2D eigenvalue weighted by molar-refractivity contribution is -0.119. The summed E-state index contributed by atoms with van der Waals surface area (Å²) in [6.45, 7) is 8.26. The number of ether oxygens (including phenoxy) is 1. The van der Waals surface area contributed by atoms with Gasteiger partial charge in [-0.15, -0.1) is 11.3 Å². The van der Waals surface area contributed by atoms with Gasteiger partial charge in [0.15, 0.2) is 0 Å². The zero-order valence-electron chi connectivity index (χ0n) is 13.8. The molecule has 1 aromatic heterocycles. The predicted molar refractivity (Wildman–Crippen MR) is 89.5 cm³/mol. The number of amides is 1. The Bertz CT molecular complexity index is 564. The second-order valence-electron chi connectivity index (χ2n) is 6.07. The first-order valence-electron chi connectivity index (χ1n) is 8.10. The first-order valence-corrected chi connectivity index (χ1v) is 8.92. The van der Waals surface area contributed by atoms with Crippen LogP contribution in [0.2, 0.25) is 0 Å². The van der Waals surface area contributed by atoms with Gasteiger partial charge in [0.25, 0.3) is 0 Å². The molecule has 5 heteroatoms. The van der Waals surface area contributed by atoms with E-state index in [1.165, 1.54) is 4.88 Å². The molecular weight excluding hydrogens is 298 g/mol. The van der Waals surface area contributed by atoms with Gasteiger partial charge in [-0.2, -0.15) is 0 Å². The van der Waals surface area contributed by atoms with Crippen LogP contribution in [0.15, 0.2) is 0 Å². The Morgan fingerprint density at radius 3 is 2.77 bits per heavy atom. The van der Waals surface area contributed by atoms with Crippen LogP contribution in [0.4, 0.5) is 5.00 Å². The summed E-state index contributed by atoms with van der Waals surface area (Å²) in [5, 5.41) is 3.62. The van der Waals surface area contributed by atoms with E-state index in [1.807, 2.05) is 13.8 Å². The highest BCUT2D eigenvalue weighted by atomic mass is 32.1. The topological polar surface area (TPSA) is 55.4 Å². The molecule has 2 rings (SSSR count). The Balaban J connectivity index is 2.35. The minimum absolute atomic E-state index is 0.0281. The summed E-state index contributed by atoms with van der Waals surface area (Å²) in [5.41, 5.74) is 1.67. The summed E-state index contributed by atoms with van der Waals surface area (Å²) in [5.74, 6) is 0.223. The lowest BCUT2D eigenvalue weighted by Gasteiger charge is -2.18. The van der Waals surface area contributed by atoms with Crippen LogP contribution in [-0.2, 0) is 22.4 Å². The summed E-state index contributed by atoms with van der Waals surface area (Å²) in [6, 6.07) is 0. The van der Waals surface area contributed by atoms with Crippen molar-refractivity contribution in [3.63, 3.8) is 0 Å². The zero-order valence-corrected chi connectivity index (χ0v) is 14.6. The number of rotatable bonds is 5. The van der Waals surface area contributed by atoms with Gasteiger partial charge in [-0.25, -0.2) is 4.79 Å². The van der Waals surface area contributed by atoms with E-state index in [9.17, 15) is 9.59 Å². The molecule has 0 aliphatic heterocycles. The van der Waals surface area contributed by atoms with Crippen LogP contribution in [0.25, 0.3) is 0 Å². The van der Waals surface area contributed by atoms with Crippen molar-refractivity contribution in [3.8, 4) is 0 Å². The van der Waals surface area contributed by atoms with E-state index in [0.717, 1.165) is 31.2 Å². The molecule has 4 nitrogen and oxygen atoms in total. The highest BCUT2D eigenvalue weighted by molar-refractivity contribution is 7.17. The minimum atomic E-state index is -0.311. The van der Waals surface area contributed by atoms with Crippen molar-refractivity contribution in [1.82, 2.24) is 0 Å². The summed E-state index contributed by atoms with van der Waals surface area (Å²) < 4.78 is 5.20. The molecule has 0 unspecified atom stereocenters. The lowest BCUT2D eigenvalue weighted by atomic mass is 9.88. The number of fused-ring (bicyclic) bond motifs is 1. The highest BCUT2D eigenvalue weighted by Gasteiger charge is 2.29. The first-order chi connectivity index (χ1) is 10.5. The van der Waals surface area contributed by atoms with Crippen LogP contribution in [-0.4, -0.2) is 18.5 Å². The number of thiophene rings is 1. The molecule has 1 aliphatic carbocycles. The van der Waals surface area contributed by atoms with Crippen LogP contribution in [0.3, 0.4) is 0 Å². The van der Waals surface area contributed by atoms with Crippen LogP contribution in [0, 0.1) is 11.8 Å². The number of carbonyl (C=O) groups is 2. The number of hydrogen-bond acceptors (Lipinski definition) is 4. The van der Waals surface area contributed by atoms with Crippen molar-refractivity contribution in [2.24, 2.45) is 11.8 Å². The van der Waals surface area contributed by atoms with E-state index >= 15 is 0 Å². The Kier molecular flexibility index (Phi) is 5.62. The number of nitrogens with one attached hydrogen (secondary N) is 1.